The summed E-state index contributed by atoms with van der Waals surface area (Å²) in [6.45, 7) is 0.493. The molecule has 0 atom stereocenters. The summed E-state index contributed by atoms with van der Waals surface area (Å²) in [5.74, 6) is 0.690. The predicted octanol–water partition coefficient (Wildman–Crippen LogP) is 2.28. The lowest BCUT2D eigenvalue weighted by Gasteiger charge is -2.09. The van der Waals surface area contributed by atoms with Gasteiger partial charge in [-0.2, -0.15) is 4.68 Å². The molecule has 0 spiro atoms. The van der Waals surface area contributed by atoms with E-state index >= 15 is 0 Å². The third-order valence-electron chi connectivity index (χ3n) is 3.58. The Labute approximate surface area is 125 Å². The fraction of sp³-hybridized carbons (Fsp3) is 0.286. The first-order chi connectivity index (χ1) is 10.8. The standard InChI is InChI=1S/C14H13FN6O/c15-12-4-3-10(16-8-11-5-6-22-18-11)7-13(12)21-14(9-1-2-9)17-19-20-21/h3-7,9,16H,1-2,8H2. The number of aromatic nitrogens is 5. The van der Waals surface area contributed by atoms with Crippen LogP contribution in [-0.4, -0.2) is 25.4 Å². The number of nitrogens with zero attached hydrogens (tertiary/aromatic N) is 5. The summed E-state index contributed by atoms with van der Waals surface area (Å²) in [5, 5.41) is 18.6. The van der Waals surface area contributed by atoms with E-state index in [1.807, 2.05) is 0 Å². The number of hydrogen-bond donors (Lipinski definition) is 1. The van der Waals surface area contributed by atoms with Crippen molar-refractivity contribution in [2.45, 2.75) is 25.3 Å². The average Bonchev–Trinajstić information content (AvgIpc) is 3.04. The number of tetrazole rings is 1. The number of hydrogen-bond acceptors (Lipinski definition) is 6. The van der Waals surface area contributed by atoms with Gasteiger partial charge in [0.25, 0.3) is 0 Å². The molecule has 1 saturated carbocycles. The lowest BCUT2D eigenvalue weighted by atomic mass is 10.2. The zero-order chi connectivity index (χ0) is 14.9. The van der Waals surface area contributed by atoms with Crippen molar-refractivity contribution in [1.29, 1.82) is 0 Å². The van der Waals surface area contributed by atoms with Crippen molar-refractivity contribution in [3.05, 3.63) is 47.9 Å². The van der Waals surface area contributed by atoms with E-state index in [4.69, 9.17) is 4.52 Å². The smallest absolute Gasteiger partial charge is 0.159 e. The highest BCUT2D eigenvalue weighted by Gasteiger charge is 2.30. The average molecular weight is 300 g/mol. The van der Waals surface area contributed by atoms with Gasteiger partial charge in [-0.3, -0.25) is 0 Å². The van der Waals surface area contributed by atoms with Crippen molar-refractivity contribution >= 4 is 5.69 Å². The zero-order valence-corrected chi connectivity index (χ0v) is 11.6. The maximum Gasteiger partial charge on any atom is 0.159 e. The molecular formula is C14H13FN6O. The van der Waals surface area contributed by atoms with Crippen molar-refractivity contribution in [3.63, 3.8) is 0 Å². The molecule has 7 nitrogen and oxygen atoms in total. The molecule has 1 fully saturated rings. The topological polar surface area (TPSA) is 81.7 Å². The fourth-order valence-electron chi connectivity index (χ4n) is 2.27. The van der Waals surface area contributed by atoms with Gasteiger partial charge in [0, 0.05) is 17.7 Å². The molecule has 1 N–H and O–H groups in total. The first kappa shape index (κ1) is 12.9. The highest BCUT2D eigenvalue weighted by Crippen LogP contribution is 2.39. The van der Waals surface area contributed by atoms with Crippen LogP contribution in [0.25, 0.3) is 5.69 Å². The van der Waals surface area contributed by atoms with Gasteiger partial charge in [-0.25, -0.2) is 4.39 Å². The van der Waals surface area contributed by atoms with Crippen LogP contribution in [0.4, 0.5) is 10.1 Å². The molecule has 2 heterocycles. The Balaban J connectivity index is 1.61. The van der Waals surface area contributed by atoms with Gasteiger partial charge < -0.3 is 9.84 Å². The fourth-order valence-corrected chi connectivity index (χ4v) is 2.27. The molecule has 0 bridgehead atoms. The molecule has 22 heavy (non-hydrogen) atoms. The van der Waals surface area contributed by atoms with E-state index in [0.29, 0.717) is 24.0 Å². The Hall–Kier alpha value is -2.77. The minimum Gasteiger partial charge on any atom is -0.379 e. The predicted molar refractivity (Wildman–Crippen MR) is 74.9 cm³/mol. The summed E-state index contributed by atoms with van der Waals surface area (Å²) in [4.78, 5) is 0. The molecule has 1 aliphatic carbocycles. The quantitative estimate of drug-likeness (QED) is 0.778. The second-order valence-electron chi connectivity index (χ2n) is 5.23. The van der Waals surface area contributed by atoms with Crippen molar-refractivity contribution in [2.24, 2.45) is 0 Å². The normalized spacial score (nSPS) is 14.2. The van der Waals surface area contributed by atoms with Crippen LogP contribution in [0.2, 0.25) is 0 Å². The molecule has 1 aliphatic rings. The molecular weight excluding hydrogens is 287 g/mol. The van der Waals surface area contributed by atoms with Crippen molar-refractivity contribution in [3.8, 4) is 5.69 Å². The van der Waals surface area contributed by atoms with E-state index in [1.54, 1.807) is 18.2 Å². The van der Waals surface area contributed by atoms with Gasteiger partial charge >= 0.3 is 0 Å². The lowest BCUT2D eigenvalue weighted by molar-refractivity contribution is 0.412. The SMILES string of the molecule is Fc1ccc(NCc2ccon2)cc1-n1nnnc1C1CC1. The van der Waals surface area contributed by atoms with Gasteiger partial charge in [0.05, 0.1) is 6.54 Å². The molecule has 0 aliphatic heterocycles. The van der Waals surface area contributed by atoms with Crippen molar-refractivity contribution in [2.75, 3.05) is 5.32 Å². The molecule has 4 rings (SSSR count). The molecule has 1 aromatic carbocycles. The maximum atomic E-state index is 14.1. The van der Waals surface area contributed by atoms with Gasteiger partial charge in [0.15, 0.2) is 5.82 Å². The summed E-state index contributed by atoms with van der Waals surface area (Å²) in [5.41, 5.74) is 1.88. The Morgan fingerprint density at radius 1 is 1.32 bits per heavy atom. The van der Waals surface area contributed by atoms with E-state index in [1.165, 1.54) is 17.0 Å². The van der Waals surface area contributed by atoms with Crippen LogP contribution in [0.3, 0.4) is 0 Å². The minimum absolute atomic E-state index is 0.334. The van der Waals surface area contributed by atoms with Gasteiger partial charge in [-0.15, -0.1) is 5.10 Å². The Morgan fingerprint density at radius 2 is 2.23 bits per heavy atom. The third-order valence-corrected chi connectivity index (χ3v) is 3.58. The first-order valence-corrected chi connectivity index (χ1v) is 7.02. The highest BCUT2D eigenvalue weighted by molar-refractivity contribution is 5.52. The van der Waals surface area contributed by atoms with Crippen LogP contribution >= 0.6 is 0 Å². The van der Waals surface area contributed by atoms with Crippen LogP contribution in [0.1, 0.15) is 30.3 Å². The van der Waals surface area contributed by atoms with Crippen LogP contribution in [0.15, 0.2) is 35.1 Å². The van der Waals surface area contributed by atoms with Crippen molar-refractivity contribution in [1.82, 2.24) is 25.4 Å². The second kappa shape index (κ2) is 5.21. The summed E-state index contributed by atoms with van der Waals surface area (Å²) < 4.78 is 20.4. The van der Waals surface area contributed by atoms with E-state index in [0.717, 1.165) is 24.2 Å². The van der Waals surface area contributed by atoms with Crippen molar-refractivity contribution < 1.29 is 8.91 Å². The summed E-state index contributed by atoms with van der Waals surface area (Å²) >= 11 is 0. The number of rotatable bonds is 5. The summed E-state index contributed by atoms with van der Waals surface area (Å²) in [6.07, 6.45) is 3.61. The molecule has 0 saturated heterocycles. The van der Waals surface area contributed by atoms with Crippen LogP contribution in [0.5, 0.6) is 0 Å². The Kier molecular flexibility index (Phi) is 3.06. The second-order valence-corrected chi connectivity index (χ2v) is 5.23. The molecule has 0 unspecified atom stereocenters. The Bertz CT molecular complexity index is 780. The number of halogens is 1. The first-order valence-electron chi connectivity index (χ1n) is 7.02. The van der Waals surface area contributed by atoms with Gasteiger partial charge in [0.2, 0.25) is 0 Å². The van der Waals surface area contributed by atoms with Crippen LogP contribution in [-0.2, 0) is 6.54 Å². The largest absolute Gasteiger partial charge is 0.379 e. The van der Waals surface area contributed by atoms with E-state index in [-0.39, 0.29) is 5.82 Å². The lowest BCUT2D eigenvalue weighted by Crippen LogP contribution is -2.06. The molecule has 0 amide bonds. The van der Waals surface area contributed by atoms with E-state index in [9.17, 15) is 4.39 Å². The summed E-state index contributed by atoms with van der Waals surface area (Å²) in [7, 11) is 0. The Morgan fingerprint density at radius 3 is 3.00 bits per heavy atom. The maximum absolute atomic E-state index is 14.1. The summed E-state index contributed by atoms with van der Waals surface area (Å²) in [6, 6.07) is 6.53. The zero-order valence-electron chi connectivity index (χ0n) is 11.6. The molecule has 112 valence electrons. The monoisotopic (exact) mass is 300 g/mol. The van der Waals surface area contributed by atoms with Gasteiger partial charge in [-0.05, 0) is 41.5 Å². The van der Waals surface area contributed by atoms with Gasteiger partial charge in [0.1, 0.15) is 23.5 Å². The van der Waals surface area contributed by atoms with Gasteiger partial charge in [-0.1, -0.05) is 5.16 Å². The van der Waals surface area contributed by atoms with E-state index < -0.39 is 0 Å². The molecule has 8 heteroatoms. The number of nitrogens with one attached hydrogen (secondary N) is 1. The highest BCUT2D eigenvalue weighted by atomic mass is 19.1. The van der Waals surface area contributed by atoms with Crippen LogP contribution in [0, 0.1) is 5.82 Å². The van der Waals surface area contributed by atoms with E-state index in [2.05, 4.69) is 26.0 Å². The third kappa shape index (κ3) is 2.43. The molecule has 0 radical (unpaired) electrons. The van der Waals surface area contributed by atoms with Crippen LogP contribution < -0.4 is 5.32 Å². The number of benzene rings is 1. The number of anilines is 1. The molecule has 3 aromatic rings. The molecule has 2 aromatic heterocycles. The minimum atomic E-state index is -0.360.